The first-order valence-electron chi connectivity index (χ1n) is 8.87. The van der Waals surface area contributed by atoms with E-state index in [0.717, 1.165) is 16.8 Å². The highest BCUT2D eigenvalue weighted by molar-refractivity contribution is 6.30. The van der Waals surface area contributed by atoms with Crippen LogP contribution >= 0.6 is 11.6 Å². The molecule has 0 aromatic heterocycles. The minimum atomic E-state index is -0.0718. The van der Waals surface area contributed by atoms with Gasteiger partial charge in [-0.25, -0.2) is 0 Å². The fourth-order valence-electron chi connectivity index (χ4n) is 3.39. The standard InChI is InChI=1S/C21H23ClN2O2/c1-14-5-3-6-15(2)19(14)23-20(25)16-9-11-24(12-10-16)21(26)17-7-4-8-18(22)13-17/h3-8,13,16H,9-12H2,1-2H3,(H,23,25). The predicted octanol–water partition coefficient (Wildman–Crippen LogP) is 4.45. The van der Waals surface area contributed by atoms with Crippen molar-refractivity contribution < 1.29 is 9.59 Å². The van der Waals surface area contributed by atoms with E-state index in [2.05, 4.69) is 5.32 Å². The lowest BCUT2D eigenvalue weighted by atomic mass is 9.95. The predicted molar refractivity (Wildman–Crippen MR) is 105 cm³/mol. The Bertz CT molecular complexity index is 806. The van der Waals surface area contributed by atoms with Crippen LogP contribution < -0.4 is 5.32 Å². The summed E-state index contributed by atoms with van der Waals surface area (Å²) in [6, 6.07) is 13.0. The highest BCUT2D eigenvalue weighted by atomic mass is 35.5. The number of carbonyl (C=O) groups excluding carboxylic acids is 2. The Morgan fingerprint density at radius 2 is 1.65 bits per heavy atom. The molecule has 1 saturated heterocycles. The number of carbonyl (C=O) groups is 2. The highest BCUT2D eigenvalue weighted by Gasteiger charge is 2.28. The largest absolute Gasteiger partial charge is 0.339 e. The Morgan fingerprint density at radius 1 is 1.04 bits per heavy atom. The second kappa shape index (κ2) is 7.92. The van der Waals surface area contributed by atoms with Gasteiger partial charge in [-0.05, 0) is 56.0 Å². The summed E-state index contributed by atoms with van der Waals surface area (Å²) in [5.41, 5.74) is 3.62. The van der Waals surface area contributed by atoms with Gasteiger partial charge in [0.2, 0.25) is 5.91 Å². The van der Waals surface area contributed by atoms with Gasteiger partial charge in [-0.3, -0.25) is 9.59 Å². The van der Waals surface area contributed by atoms with Crippen LogP contribution in [0.1, 0.15) is 34.3 Å². The van der Waals surface area contributed by atoms with Crippen molar-refractivity contribution in [3.63, 3.8) is 0 Å². The molecule has 0 unspecified atom stereocenters. The molecule has 1 heterocycles. The van der Waals surface area contributed by atoms with Crippen LogP contribution in [0.5, 0.6) is 0 Å². The molecule has 2 aromatic carbocycles. The number of nitrogens with one attached hydrogen (secondary N) is 1. The Kier molecular flexibility index (Phi) is 5.62. The SMILES string of the molecule is Cc1cccc(C)c1NC(=O)C1CCN(C(=O)c2cccc(Cl)c2)CC1. The summed E-state index contributed by atoms with van der Waals surface area (Å²) in [5.74, 6) is -0.0595. The zero-order chi connectivity index (χ0) is 18.7. The van der Waals surface area contributed by atoms with Crippen molar-refractivity contribution in [3.8, 4) is 0 Å². The molecular weight excluding hydrogens is 348 g/mol. The first kappa shape index (κ1) is 18.5. The second-order valence-electron chi connectivity index (χ2n) is 6.83. The van der Waals surface area contributed by atoms with Gasteiger partial charge in [0, 0.05) is 35.3 Å². The number of para-hydroxylation sites is 1. The Balaban J connectivity index is 1.60. The van der Waals surface area contributed by atoms with Crippen LogP contribution in [0.15, 0.2) is 42.5 Å². The fourth-order valence-corrected chi connectivity index (χ4v) is 3.58. The molecule has 1 N–H and O–H groups in total. The van der Waals surface area contributed by atoms with Gasteiger partial charge in [0.05, 0.1) is 0 Å². The van der Waals surface area contributed by atoms with Crippen LogP contribution in [0, 0.1) is 19.8 Å². The van der Waals surface area contributed by atoms with Crippen LogP contribution in [0.2, 0.25) is 5.02 Å². The summed E-state index contributed by atoms with van der Waals surface area (Å²) >= 11 is 5.97. The highest BCUT2D eigenvalue weighted by Crippen LogP contribution is 2.24. The molecule has 1 aliphatic heterocycles. The lowest BCUT2D eigenvalue weighted by Crippen LogP contribution is -2.41. The number of nitrogens with zero attached hydrogens (tertiary/aromatic N) is 1. The number of aryl methyl sites for hydroxylation is 2. The van der Waals surface area contributed by atoms with Gasteiger partial charge >= 0.3 is 0 Å². The average molecular weight is 371 g/mol. The van der Waals surface area contributed by atoms with E-state index in [0.29, 0.717) is 36.5 Å². The average Bonchev–Trinajstić information content (AvgIpc) is 2.64. The topological polar surface area (TPSA) is 49.4 Å². The minimum Gasteiger partial charge on any atom is -0.339 e. The molecule has 26 heavy (non-hydrogen) atoms. The van der Waals surface area contributed by atoms with Crippen LogP contribution in [0.4, 0.5) is 5.69 Å². The van der Waals surface area contributed by atoms with Crippen LogP contribution in [-0.4, -0.2) is 29.8 Å². The van der Waals surface area contributed by atoms with E-state index < -0.39 is 0 Å². The maximum atomic E-state index is 12.6. The maximum absolute atomic E-state index is 12.6. The number of likely N-dealkylation sites (tertiary alicyclic amines) is 1. The zero-order valence-corrected chi connectivity index (χ0v) is 15.8. The van der Waals surface area contributed by atoms with Crippen molar-refractivity contribution in [1.82, 2.24) is 4.90 Å². The van der Waals surface area contributed by atoms with E-state index >= 15 is 0 Å². The second-order valence-corrected chi connectivity index (χ2v) is 7.27. The lowest BCUT2D eigenvalue weighted by Gasteiger charge is -2.31. The molecule has 1 fully saturated rings. The number of piperidine rings is 1. The van der Waals surface area contributed by atoms with Crippen molar-refractivity contribution in [2.24, 2.45) is 5.92 Å². The molecule has 2 aromatic rings. The van der Waals surface area contributed by atoms with E-state index in [4.69, 9.17) is 11.6 Å². The Hall–Kier alpha value is -2.33. The lowest BCUT2D eigenvalue weighted by molar-refractivity contribution is -0.121. The molecule has 0 atom stereocenters. The molecule has 2 amide bonds. The smallest absolute Gasteiger partial charge is 0.253 e. The number of amides is 2. The molecule has 0 saturated carbocycles. The quantitative estimate of drug-likeness (QED) is 0.867. The number of hydrogen-bond donors (Lipinski definition) is 1. The molecule has 0 bridgehead atoms. The van der Waals surface area contributed by atoms with Crippen LogP contribution in [0.3, 0.4) is 0 Å². The number of benzene rings is 2. The summed E-state index contributed by atoms with van der Waals surface area (Å²) < 4.78 is 0. The summed E-state index contributed by atoms with van der Waals surface area (Å²) in [4.78, 5) is 27.0. The summed E-state index contributed by atoms with van der Waals surface area (Å²) in [7, 11) is 0. The first-order chi connectivity index (χ1) is 12.5. The van der Waals surface area contributed by atoms with Crippen molar-refractivity contribution >= 4 is 29.1 Å². The van der Waals surface area contributed by atoms with Gasteiger partial charge in [0.15, 0.2) is 0 Å². The normalized spacial score (nSPS) is 15.0. The third kappa shape index (κ3) is 4.07. The molecule has 5 heteroatoms. The fraction of sp³-hybridized carbons (Fsp3) is 0.333. The zero-order valence-electron chi connectivity index (χ0n) is 15.1. The monoisotopic (exact) mass is 370 g/mol. The van der Waals surface area contributed by atoms with E-state index in [1.54, 1.807) is 29.2 Å². The van der Waals surface area contributed by atoms with Gasteiger partial charge in [0.1, 0.15) is 0 Å². The van der Waals surface area contributed by atoms with E-state index in [9.17, 15) is 9.59 Å². The molecule has 1 aliphatic rings. The van der Waals surface area contributed by atoms with E-state index in [-0.39, 0.29) is 17.7 Å². The van der Waals surface area contributed by atoms with Gasteiger partial charge in [-0.2, -0.15) is 0 Å². The number of hydrogen-bond acceptors (Lipinski definition) is 2. The van der Waals surface area contributed by atoms with Crippen molar-refractivity contribution in [2.75, 3.05) is 18.4 Å². The molecule has 136 valence electrons. The van der Waals surface area contributed by atoms with E-state index in [1.807, 2.05) is 32.0 Å². The molecule has 0 spiro atoms. The minimum absolute atomic E-state index is 0.0268. The molecule has 3 rings (SSSR count). The Labute approximate surface area is 159 Å². The van der Waals surface area contributed by atoms with Gasteiger partial charge in [0.25, 0.3) is 5.91 Å². The van der Waals surface area contributed by atoms with Crippen LogP contribution in [-0.2, 0) is 4.79 Å². The molecule has 4 nitrogen and oxygen atoms in total. The van der Waals surface area contributed by atoms with E-state index in [1.165, 1.54) is 0 Å². The molecular formula is C21H23ClN2O2. The summed E-state index contributed by atoms with van der Waals surface area (Å²) in [6.07, 6.45) is 1.34. The van der Waals surface area contributed by atoms with Gasteiger partial charge in [-0.1, -0.05) is 35.9 Å². The summed E-state index contributed by atoms with van der Waals surface area (Å²) in [6.45, 7) is 5.15. The third-order valence-electron chi connectivity index (χ3n) is 4.95. The van der Waals surface area contributed by atoms with Crippen molar-refractivity contribution in [1.29, 1.82) is 0 Å². The maximum Gasteiger partial charge on any atom is 0.253 e. The van der Waals surface area contributed by atoms with Crippen molar-refractivity contribution in [2.45, 2.75) is 26.7 Å². The number of halogens is 1. The first-order valence-corrected chi connectivity index (χ1v) is 9.25. The molecule has 0 radical (unpaired) electrons. The van der Waals surface area contributed by atoms with Gasteiger partial charge < -0.3 is 10.2 Å². The van der Waals surface area contributed by atoms with Gasteiger partial charge in [-0.15, -0.1) is 0 Å². The number of anilines is 1. The van der Waals surface area contributed by atoms with Crippen molar-refractivity contribution in [3.05, 3.63) is 64.2 Å². The summed E-state index contributed by atoms with van der Waals surface area (Å²) in [5, 5.41) is 3.63. The Morgan fingerprint density at radius 3 is 2.27 bits per heavy atom. The van der Waals surface area contributed by atoms with Crippen LogP contribution in [0.25, 0.3) is 0 Å². The third-order valence-corrected chi connectivity index (χ3v) is 5.19. The molecule has 0 aliphatic carbocycles. The number of rotatable bonds is 3.